The minimum atomic E-state index is -0.360. The van der Waals surface area contributed by atoms with Gasteiger partial charge >= 0.3 is 0 Å². The number of piperazine rings is 1. The number of rotatable bonds is 5. The fraction of sp³-hybridized carbons (Fsp3) is 0.467. The summed E-state index contributed by atoms with van der Waals surface area (Å²) in [7, 11) is 0. The van der Waals surface area contributed by atoms with E-state index in [4.69, 9.17) is 11.6 Å². The van der Waals surface area contributed by atoms with E-state index >= 15 is 0 Å². The van der Waals surface area contributed by atoms with Crippen molar-refractivity contribution >= 4 is 23.4 Å². The van der Waals surface area contributed by atoms with Crippen LogP contribution in [0.5, 0.6) is 0 Å². The molecule has 120 valence electrons. The predicted octanol–water partition coefficient (Wildman–Crippen LogP) is 0.939. The summed E-state index contributed by atoms with van der Waals surface area (Å²) in [6.45, 7) is 4.11. The van der Waals surface area contributed by atoms with Crippen LogP contribution >= 0.6 is 11.6 Å². The Balaban J connectivity index is 1.68. The Morgan fingerprint density at radius 3 is 2.36 bits per heavy atom. The molecule has 1 aliphatic heterocycles. The lowest BCUT2D eigenvalue weighted by atomic mass is 10.2. The van der Waals surface area contributed by atoms with Gasteiger partial charge in [0.05, 0.1) is 0 Å². The van der Waals surface area contributed by atoms with Gasteiger partial charge in [-0.2, -0.15) is 0 Å². The Kier molecular flexibility index (Phi) is 6.15. The number of hydrogen-bond donors (Lipinski definition) is 1. The second-order valence-corrected chi connectivity index (χ2v) is 5.39. The highest BCUT2D eigenvalue weighted by molar-refractivity contribution is 6.27. The highest BCUT2D eigenvalue weighted by Crippen LogP contribution is 2.04. The van der Waals surface area contributed by atoms with Crippen molar-refractivity contribution in [2.24, 2.45) is 0 Å². The molecule has 7 heteroatoms. The lowest BCUT2D eigenvalue weighted by Gasteiger charge is -2.34. The molecule has 0 aromatic heterocycles. The van der Waals surface area contributed by atoms with E-state index in [0.29, 0.717) is 25.2 Å². The van der Waals surface area contributed by atoms with Gasteiger partial charge < -0.3 is 10.2 Å². The Bertz CT molecular complexity index is 516. The second kappa shape index (κ2) is 8.10. The number of alkyl halides is 1. The molecule has 1 fully saturated rings. The van der Waals surface area contributed by atoms with Crippen LogP contribution in [0.3, 0.4) is 0 Å². The quantitative estimate of drug-likeness (QED) is 0.819. The van der Waals surface area contributed by atoms with E-state index in [9.17, 15) is 14.0 Å². The van der Waals surface area contributed by atoms with Gasteiger partial charge in [-0.15, -0.1) is 11.6 Å². The zero-order valence-electron chi connectivity index (χ0n) is 12.2. The first-order valence-corrected chi connectivity index (χ1v) is 7.73. The van der Waals surface area contributed by atoms with Gasteiger partial charge in [0, 0.05) is 44.8 Å². The van der Waals surface area contributed by atoms with E-state index < -0.39 is 0 Å². The van der Waals surface area contributed by atoms with Gasteiger partial charge in [0.2, 0.25) is 5.91 Å². The van der Waals surface area contributed by atoms with Crippen molar-refractivity contribution in [3.63, 3.8) is 0 Å². The van der Waals surface area contributed by atoms with Crippen molar-refractivity contribution < 1.29 is 14.0 Å². The maximum Gasteiger partial charge on any atom is 0.251 e. The number of hydrogen-bond acceptors (Lipinski definition) is 3. The lowest BCUT2D eigenvalue weighted by molar-refractivity contribution is -0.130. The molecule has 1 saturated heterocycles. The summed E-state index contributed by atoms with van der Waals surface area (Å²) in [5.74, 6) is -0.587. The largest absolute Gasteiger partial charge is 0.351 e. The molecule has 0 atom stereocenters. The Labute approximate surface area is 134 Å². The number of carbonyl (C=O) groups is 2. The summed E-state index contributed by atoms with van der Waals surface area (Å²) in [6.07, 6.45) is 0. The van der Waals surface area contributed by atoms with Gasteiger partial charge in [-0.25, -0.2) is 4.39 Å². The maximum absolute atomic E-state index is 12.8. The van der Waals surface area contributed by atoms with Crippen LogP contribution in [-0.4, -0.2) is 66.8 Å². The minimum Gasteiger partial charge on any atom is -0.351 e. The summed E-state index contributed by atoms with van der Waals surface area (Å²) >= 11 is 5.53. The molecular formula is C15H19ClFN3O2. The van der Waals surface area contributed by atoms with E-state index in [1.54, 1.807) is 4.90 Å². The van der Waals surface area contributed by atoms with E-state index in [0.717, 1.165) is 19.6 Å². The first kappa shape index (κ1) is 16.7. The molecule has 1 aromatic carbocycles. The topological polar surface area (TPSA) is 52.7 Å². The molecule has 1 heterocycles. The van der Waals surface area contributed by atoms with Gasteiger partial charge in [0.15, 0.2) is 0 Å². The summed E-state index contributed by atoms with van der Waals surface area (Å²) in [5, 5.41) is 2.81. The van der Waals surface area contributed by atoms with Gasteiger partial charge in [-0.05, 0) is 24.3 Å². The summed E-state index contributed by atoms with van der Waals surface area (Å²) in [5.41, 5.74) is 0.443. The summed E-state index contributed by atoms with van der Waals surface area (Å²) in [6, 6.07) is 5.45. The molecule has 1 N–H and O–H groups in total. The van der Waals surface area contributed by atoms with Crippen LogP contribution in [0.15, 0.2) is 24.3 Å². The molecule has 0 bridgehead atoms. The number of benzene rings is 1. The molecule has 0 saturated carbocycles. The Morgan fingerprint density at radius 2 is 1.77 bits per heavy atom. The molecule has 0 radical (unpaired) electrons. The minimum absolute atomic E-state index is 0.0216. The number of nitrogens with one attached hydrogen (secondary N) is 1. The first-order chi connectivity index (χ1) is 10.6. The maximum atomic E-state index is 12.8. The zero-order chi connectivity index (χ0) is 15.9. The highest BCUT2D eigenvalue weighted by Gasteiger charge is 2.20. The van der Waals surface area contributed by atoms with Crippen LogP contribution < -0.4 is 5.32 Å². The van der Waals surface area contributed by atoms with Crippen LogP contribution in [0.2, 0.25) is 0 Å². The van der Waals surface area contributed by atoms with E-state index in [1.165, 1.54) is 24.3 Å². The summed E-state index contributed by atoms with van der Waals surface area (Å²) < 4.78 is 12.8. The van der Waals surface area contributed by atoms with Crippen molar-refractivity contribution in [2.45, 2.75) is 0 Å². The lowest BCUT2D eigenvalue weighted by Crippen LogP contribution is -2.50. The standard InChI is InChI=1S/C15H19ClFN3O2/c16-11-14(21)20-9-7-19(8-10-20)6-5-18-15(22)12-1-3-13(17)4-2-12/h1-4H,5-11H2,(H,18,22). The third-order valence-electron chi connectivity index (χ3n) is 3.66. The fourth-order valence-electron chi connectivity index (χ4n) is 2.34. The zero-order valence-corrected chi connectivity index (χ0v) is 13.0. The van der Waals surface area contributed by atoms with Crippen LogP contribution in [0.1, 0.15) is 10.4 Å². The number of halogens is 2. The average molecular weight is 328 g/mol. The van der Waals surface area contributed by atoms with Crippen molar-refractivity contribution in [2.75, 3.05) is 45.1 Å². The number of carbonyl (C=O) groups excluding carboxylic acids is 2. The molecular weight excluding hydrogens is 309 g/mol. The molecule has 0 aliphatic carbocycles. The molecule has 0 spiro atoms. The van der Waals surface area contributed by atoms with Crippen molar-refractivity contribution in [1.82, 2.24) is 15.1 Å². The fourth-order valence-corrected chi connectivity index (χ4v) is 2.51. The molecule has 5 nitrogen and oxygen atoms in total. The molecule has 1 aromatic rings. The normalized spacial score (nSPS) is 15.6. The Hall–Kier alpha value is -1.66. The second-order valence-electron chi connectivity index (χ2n) is 5.12. The van der Waals surface area contributed by atoms with Gasteiger partial charge in [-0.3, -0.25) is 14.5 Å². The van der Waals surface area contributed by atoms with Crippen LogP contribution in [-0.2, 0) is 4.79 Å². The average Bonchev–Trinajstić information content (AvgIpc) is 2.55. The third-order valence-corrected chi connectivity index (χ3v) is 3.89. The predicted molar refractivity (Wildman–Crippen MR) is 82.5 cm³/mol. The first-order valence-electron chi connectivity index (χ1n) is 7.20. The van der Waals surface area contributed by atoms with Crippen LogP contribution in [0.4, 0.5) is 4.39 Å². The van der Waals surface area contributed by atoms with E-state index in [1.807, 2.05) is 0 Å². The summed E-state index contributed by atoms with van der Waals surface area (Å²) in [4.78, 5) is 27.2. The van der Waals surface area contributed by atoms with E-state index in [2.05, 4.69) is 10.2 Å². The van der Waals surface area contributed by atoms with E-state index in [-0.39, 0.29) is 23.5 Å². The number of amides is 2. The molecule has 0 unspecified atom stereocenters. The smallest absolute Gasteiger partial charge is 0.251 e. The molecule has 2 amide bonds. The van der Waals surface area contributed by atoms with Crippen LogP contribution in [0.25, 0.3) is 0 Å². The van der Waals surface area contributed by atoms with Crippen molar-refractivity contribution in [3.05, 3.63) is 35.6 Å². The SMILES string of the molecule is O=C(NCCN1CCN(C(=O)CCl)CC1)c1ccc(F)cc1. The monoisotopic (exact) mass is 327 g/mol. The third kappa shape index (κ3) is 4.68. The molecule has 2 rings (SSSR count). The van der Waals surface area contributed by atoms with Gasteiger partial charge in [0.1, 0.15) is 11.7 Å². The number of nitrogens with zero attached hydrogens (tertiary/aromatic N) is 2. The van der Waals surface area contributed by atoms with Crippen molar-refractivity contribution in [1.29, 1.82) is 0 Å². The van der Waals surface area contributed by atoms with Gasteiger partial charge in [0.25, 0.3) is 5.91 Å². The van der Waals surface area contributed by atoms with Crippen LogP contribution in [0, 0.1) is 5.82 Å². The van der Waals surface area contributed by atoms with Crippen molar-refractivity contribution in [3.8, 4) is 0 Å². The van der Waals surface area contributed by atoms with Gasteiger partial charge in [-0.1, -0.05) is 0 Å². The highest BCUT2D eigenvalue weighted by atomic mass is 35.5. The molecule has 22 heavy (non-hydrogen) atoms. The Morgan fingerprint density at radius 1 is 1.14 bits per heavy atom. The molecule has 1 aliphatic rings.